The van der Waals surface area contributed by atoms with Crippen molar-refractivity contribution in [3.8, 4) is 11.1 Å². The second-order valence-electron chi connectivity index (χ2n) is 8.04. The van der Waals surface area contributed by atoms with E-state index in [-0.39, 0.29) is 10.8 Å². The molecular weight excluding hydrogens is 360 g/mol. The van der Waals surface area contributed by atoms with Gasteiger partial charge in [-0.1, -0.05) is 0 Å². The van der Waals surface area contributed by atoms with Crippen LogP contribution in [-0.4, -0.2) is 45.4 Å². The van der Waals surface area contributed by atoms with E-state index in [4.69, 9.17) is 4.74 Å². The third-order valence-corrected chi connectivity index (χ3v) is 6.37. The van der Waals surface area contributed by atoms with Crippen molar-refractivity contribution in [3.05, 3.63) is 36.2 Å². The summed E-state index contributed by atoms with van der Waals surface area (Å²) in [4.78, 5) is 2.35. The van der Waals surface area contributed by atoms with Crippen LogP contribution in [0.2, 0.25) is 0 Å². The standard InChI is InChI=1S/C20H30N4O2S/c1-15(22-27(25)20(2,3)4)16-10-17(18-13-21-23(5)14-18)12-19(11-16)24-6-8-26-9-7-24/h10-15,22H,6-9H2,1-5H3/t15-,27?/m1/s1. The Labute approximate surface area is 165 Å². The van der Waals surface area contributed by atoms with Gasteiger partial charge in [0.25, 0.3) is 0 Å². The number of aryl methyl sites for hydroxylation is 1. The molecule has 6 nitrogen and oxygen atoms in total. The van der Waals surface area contributed by atoms with Crippen LogP contribution in [0.25, 0.3) is 11.1 Å². The van der Waals surface area contributed by atoms with E-state index in [9.17, 15) is 4.55 Å². The zero-order valence-corrected chi connectivity index (χ0v) is 17.7. The number of nitrogens with zero attached hydrogens (tertiary/aromatic N) is 3. The lowest BCUT2D eigenvalue weighted by Crippen LogP contribution is -2.40. The Morgan fingerprint density at radius 1 is 1.19 bits per heavy atom. The Morgan fingerprint density at radius 2 is 1.89 bits per heavy atom. The monoisotopic (exact) mass is 390 g/mol. The summed E-state index contributed by atoms with van der Waals surface area (Å²) >= 11 is -1.13. The molecule has 1 unspecified atom stereocenters. The molecule has 0 radical (unpaired) electrons. The first kappa shape index (κ1) is 20.2. The van der Waals surface area contributed by atoms with Gasteiger partial charge in [0.05, 0.1) is 25.5 Å². The van der Waals surface area contributed by atoms with Crippen molar-refractivity contribution in [1.29, 1.82) is 0 Å². The fourth-order valence-corrected chi connectivity index (χ4v) is 3.84. The molecule has 1 aromatic carbocycles. The van der Waals surface area contributed by atoms with Crippen molar-refractivity contribution >= 4 is 17.0 Å². The van der Waals surface area contributed by atoms with Gasteiger partial charge in [0.1, 0.15) is 4.75 Å². The number of hydrogen-bond donors (Lipinski definition) is 1. The molecule has 2 atom stereocenters. The van der Waals surface area contributed by atoms with Crippen LogP contribution in [0, 0.1) is 0 Å². The molecular formula is C20H30N4O2S. The van der Waals surface area contributed by atoms with Gasteiger partial charge in [0, 0.05) is 48.9 Å². The predicted molar refractivity (Wildman–Crippen MR) is 111 cm³/mol. The minimum absolute atomic E-state index is 0.0264. The van der Waals surface area contributed by atoms with Gasteiger partial charge in [0.15, 0.2) is 0 Å². The van der Waals surface area contributed by atoms with Crippen LogP contribution in [-0.2, 0) is 23.1 Å². The van der Waals surface area contributed by atoms with Gasteiger partial charge < -0.3 is 14.2 Å². The van der Waals surface area contributed by atoms with Crippen molar-refractivity contribution in [2.75, 3.05) is 31.2 Å². The van der Waals surface area contributed by atoms with Gasteiger partial charge in [-0.3, -0.25) is 4.68 Å². The van der Waals surface area contributed by atoms with Gasteiger partial charge in [-0.2, -0.15) is 5.10 Å². The summed E-state index contributed by atoms with van der Waals surface area (Å²) in [6, 6.07) is 6.54. The van der Waals surface area contributed by atoms with Crippen molar-refractivity contribution in [1.82, 2.24) is 14.5 Å². The van der Waals surface area contributed by atoms with Crippen molar-refractivity contribution < 1.29 is 9.29 Å². The molecule has 0 spiro atoms. The molecule has 0 saturated carbocycles. The highest BCUT2D eigenvalue weighted by Gasteiger charge is 2.28. The number of benzene rings is 1. The summed E-state index contributed by atoms with van der Waals surface area (Å²) in [5.41, 5.74) is 4.50. The summed E-state index contributed by atoms with van der Waals surface area (Å²) in [6.45, 7) is 11.3. The minimum atomic E-state index is -1.13. The van der Waals surface area contributed by atoms with Crippen LogP contribution in [0.3, 0.4) is 0 Å². The number of rotatable bonds is 5. The van der Waals surface area contributed by atoms with Gasteiger partial charge in [-0.05, 0) is 57.0 Å². The number of nitrogens with one attached hydrogen (secondary N) is 1. The number of morpholine rings is 1. The maximum Gasteiger partial charge on any atom is 0.136 e. The third-order valence-electron chi connectivity index (χ3n) is 4.69. The maximum absolute atomic E-state index is 12.6. The Bertz CT molecular complexity index is 766. The van der Waals surface area contributed by atoms with E-state index in [1.165, 1.54) is 5.69 Å². The highest BCUT2D eigenvalue weighted by molar-refractivity contribution is 7.90. The largest absolute Gasteiger partial charge is 0.598 e. The fourth-order valence-electron chi connectivity index (χ4n) is 3.03. The van der Waals surface area contributed by atoms with Crippen molar-refractivity contribution in [2.45, 2.75) is 38.5 Å². The molecule has 27 heavy (non-hydrogen) atoms. The molecule has 1 fully saturated rings. The van der Waals surface area contributed by atoms with Gasteiger partial charge >= 0.3 is 0 Å². The first-order valence-electron chi connectivity index (χ1n) is 9.39. The maximum atomic E-state index is 12.6. The average molecular weight is 391 g/mol. The topological polar surface area (TPSA) is 65.4 Å². The molecule has 148 valence electrons. The second kappa shape index (κ2) is 8.22. The van der Waals surface area contributed by atoms with Crippen LogP contribution in [0.4, 0.5) is 5.69 Å². The highest BCUT2D eigenvalue weighted by atomic mass is 32.2. The van der Waals surface area contributed by atoms with E-state index in [0.29, 0.717) is 0 Å². The number of ether oxygens (including phenoxy) is 1. The van der Waals surface area contributed by atoms with Crippen LogP contribution in [0.5, 0.6) is 0 Å². The summed E-state index contributed by atoms with van der Waals surface area (Å²) in [7, 11) is 1.92. The fraction of sp³-hybridized carbons (Fsp3) is 0.550. The summed E-state index contributed by atoms with van der Waals surface area (Å²) in [5, 5.41) is 4.31. The second-order valence-corrected chi connectivity index (χ2v) is 10.0. The summed E-state index contributed by atoms with van der Waals surface area (Å²) < 4.78 is 22.8. The summed E-state index contributed by atoms with van der Waals surface area (Å²) in [6.07, 6.45) is 3.90. The normalized spacial score (nSPS) is 17.8. The van der Waals surface area contributed by atoms with E-state index < -0.39 is 11.4 Å². The molecule has 1 aliphatic heterocycles. The number of hydrogen-bond acceptors (Lipinski definition) is 5. The van der Waals surface area contributed by atoms with Crippen LogP contribution in [0.1, 0.15) is 39.3 Å². The Kier molecular flexibility index (Phi) is 6.15. The van der Waals surface area contributed by atoms with Gasteiger partial charge in [0.2, 0.25) is 0 Å². The molecule has 2 aromatic rings. The SMILES string of the molecule is C[C@@H](N[S+]([O-])C(C)(C)C)c1cc(-c2cnn(C)c2)cc(N2CCOCC2)c1. The lowest BCUT2D eigenvalue weighted by molar-refractivity contribution is 0.122. The zero-order chi connectivity index (χ0) is 19.6. The highest BCUT2D eigenvalue weighted by Crippen LogP contribution is 2.31. The molecule has 1 N–H and O–H groups in total. The molecule has 1 aliphatic rings. The van der Waals surface area contributed by atoms with Crippen molar-refractivity contribution in [2.24, 2.45) is 7.05 Å². The van der Waals surface area contributed by atoms with Crippen LogP contribution in [0.15, 0.2) is 30.6 Å². The molecule has 0 amide bonds. The molecule has 1 aromatic heterocycles. The molecule has 0 aliphatic carbocycles. The quantitative estimate of drug-likeness (QED) is 0.795. The van der Waals surface area contributed by atoms with E-state index in [1.807, 2.05) is 44.9 Å². The van der Waals surface area contributed by atoms with E-state index in [1.54, 1.807) is 0 Å². The molecule has 1 saturated heterocycles. The van der Waals surface area contributed by atoms with E-state index in [2.05, 4.69) is 39.8 Å². The Balaban J connectivity index is 1.94. The lowest BCUT2D eigenvalue weighted by Gasteiger charge is -2.31. The van der Waals surface area contributed by atoms with Crippen LogP contribution < -0.4 is 9.62 Å². The average Bonchev–Trinajstić information content (AvgIpc) is 3.07. The predicted octanol–water partition coefficient (Wildman–Crippen LogP) is 3.04. The molecule has 7 heteroatoms. The summed E-state index contributed by atoms with van der Waals surface area (Å²) in [5.74, 6) is 0. The van der Waals surface area contributed by atoms with Gasteiger partial charge in [-0.15, -0.1) is 4.72 Å². The Hall–Kier alpha value is -1.54. The lowest BCUT2D eigenvalue weighted by atomic mass is 10.0. The van der Waals surface area contributed by atoms with E-state index >= 15 is 0 Å². The molecule has 2 heterocycles. The van der Waals surface area contributed by atoms with Gasteiger partial charge in [-0.25, -0.2) is 0 Å². The number of anilines is 1. The number of aromatic nitrogens is 2. The smallest absolute Gasteiger partial charge is 0.136 e. The Morgan fingerprint density at radius 3 is 2.48 bits per heavy atom. The van der Waals surface area contributed by atoms with Crippen LogP contribution >= 0.6 is 0 Å². The minimum Gasteiger partial charge on any atom is -0.598 e. The third kappa shape index (κ3) is 5.04. The molecule has 0 bridgehead atoms. The zero-order valence-electron chi connectivity index (χ0n) is 16.9. The van der Waals surface area contributed by atoms with E-state index in [0.717, 1.165) is 43.0 Å². The first-order chi connectivity index (χ1) is 12.7. The first-order valence-corrected chi connectivity index (χ1v) is 10.5. The molecule has 3 rings (SSSR count). The van der Waals surface area contributed by atoms with Crippen molar-refractivity contribution in [3.63, 3.8) is 0 Å².